The average molecular weight is 319 g/mol. The van der Waals surface area contributed by atoms with Gasteiger partial charge < -0.3 is 15.2 Å². The molecule has 2 atom stereocenters. The Morgan fingerprint density at radius 2 is 2.48 bits per heavy atom. The lowest BCUT2D eigenvalue weighted by Crippen LogP contribution is -2.32. The Bertz CT molecular complexity index is 660. The van der Waals surface area contributed by atoms with Crippen LogP contribution >= 0.6 is 0 Å². The number of hydrogen-bond acceptors (Lipinski definition) is 7. The number of nitrogens with one attached hydrogen (secondary N) is 2. The summed E-state index contributed by atoms with van der Waals surface area (Å²) in [5.74, 6) is 0.769. The van der Waals surface area contributed by atoms with Gasteiger partial charge in [-0.05, 0) is 25.8 Å². The van der Waals surface area contributed by atoms with Crippen molar-refractivity contribution in [1.29, 1.82) is 0 Å². The molecule has 0 saturated carbocycles. The molecule has 3 rings (SSSR count). The Morgan fingerprint density at radius 1 is 1.61 bits per heavy atom. The third kappa shape index (κ3) is 3.55. The average Bonchev–Trinajstić information content (AvgIpc) is 3.22. The van der Waals surface area contributed by atoms with Gasteiger partial charge in [-0.3, -0.25) is 4.79 Å². The van der Waals surface area contributed by atoms with E-state index in [0.717, 1.165) is 25.9 Å². The summed E-state index contributed by atoms with van der Waals surface area (Å²) in [6, 6.07) is -0.0668. The topological polar surface area (TPSA) is 111 Å². The zero-order valence-electron chi connectivity index (χ0n) is 13.3. The summed E-state index contributed by atoms with van der Waals surface area (Å²) in [6.07, 6.45) is 4.41. The molecule has 0 spiro atoms. The van der Waals surface area contributed by atoms with E-state index < -0.39 is 0 Å². The number of piperidine rings is 1. The molecule has 1 saturated heterocycles. The number of nitrogens with zero attached hydrogens (tertiary/aromatic N) is 5. The summed E-state index contributed by atoms with van der Waals surface area (Å²) in [6.45, 7) is 5.54. The van der Waals surface area contributed by atoms with E-state index in [0.29, 0.717) is 18.1 Å². The fourth-order valence-corrected chi connectivity index (χ4v) is 2.64. The summed E-state index contributed by atoms with van der Waals surface area (Å²) >= 11 is 0. The van der Waals surface area contributed by atoms with E-state index in [1.807, 2.05) is 6.92 Å². The zero-order valence-corrected chi connectivity index (χ0v) is 13.3. The van der Waals surface area contributed by atoms with Crippen molar-refractivity contribution in [2.75, 3.05) is 13.1 Å². The van der Waals surface area contributed by atoms with Crippen molar-refractivity contribution < 1.29 is 9.32 Å². The molecule has 1 aliphatic rings. The Labute approximate surface area is 133 Å². The van der Waals surface area contributed by atoms with Gasteiger partial charge in [-0.2, -0.15) is 4.98 Å². The Kier molecular flexibility index (Phi) is 4.65. The van der Waals surface area contributed by atoms with Crippen LogP contribution in [0.25, 0.3) is 0 Å². The van der Waals surface area contributed by atoms with Gasteiger partial charge in [-0.15, -0.1) is 5.10 Å². The first-order chi connectivity index (χ1) is 11.2. The fraction of sp³-hybridized carbons (Fsp3) is 0.643. The van der Waals surface area contributed by atoms with Crippen molar-refractivity contribution in [1.82, 2.24) is 35.5 Å². The van der Waals surface area contributed by atoms with E-state index in [9.17, 15) is 4.79 Å². The van der Waals surface area contributed by atoms with Gasteiger partial charge in [0.1, 0.15) is 6.33 Å². The summed E-state index contributed by atoms with van der Waals surface area (Å²) < 4.78 is 6.73. The largest absolute Gasteiger partial charge is 0.340 e. The second-order valence-corrected chi connectivity index (χ2v) is 5.65. The highest BCUT2D eigenvalue weighted by Crippen LogP contribution is 2.16. The molecule has 1 aliphatic heterocycles. The molecule has 0 unspecified atom stereocenters. The van der Waals surface area contributed by atoms with Crippen LogP contribution in [0.3, 0.4) is 0 Å². The number of carbonyl (C=O) groups excluding carboxylic acids is 1. The van der Waals surface area contributed by atoms with Crippen molar-refractivity contribution in [3.8, 4) is 0 Å². The molecular formula is C14H21N7O2. The molecule has 9 heteroatoms. The molecular weight excluding hydrogens is 298 g/mol. The van der Waals surface area contributed by atoms with Crippen LogP contribution in [0, 0.1) is 6.92 Å². The number of amides is 1. The van der Waals surface area contributed by atoms with Crippen LogP contribution in [0.15, 0.2) is 10.9 Å². The second-order valence-electron chi connectivity index (χ2n) is 5.65. The van der Waals surface area contributed by atoms with Crippen molar-refractivity contribution in [3.05, 3.63) is 23.9 Å². The van der Waals surface area contributed by atoms with Crippen molar-refractivity contribution >= 4 is 5.91 Å². The molecule has 0 aliphatic carbocycles. The maximum atomic E-state index is 12.3. The van der Waals surface area contributed by atoms with Gasteiger partial charge in [0.15, 0.2) is 5.82 Å². The van der Waals surface area contributed by atoms with Crippen LogP contribution in [0.4, 0.5) is 0 Å². The number of hydrogen-bond donors (Lipinski definition) is 2. The lowest BCUT2D eigenvalue weighted by molar-refractivity contribution is 0.0922. The molecule has 2 aromatic rings. The first-order valence-corrected chi connectivity index (χ1v) is 7.90. The van der Waals surface area contributed by atoms with Crippen LogP contribution in [0.5, 0.6) is 0 Å². The van der Waals surface area contributed by atoms with E-state index in [2.05, 4.69) is 30.9 Å². The molecule has 0 radical (unpaired) electrons. The van der Waals surface area contributed by atoms with Crippen LogP contribution < -0.4 is 10.6 Å². The third-order valence-corrected chi connectivity index (χ3v) is 3.93. The van der Waals surface area contributed by atoms with Crippen LogP contribution in [0.1, 0.15) is 60.6 Å². The first kappa shape index (κ1) is 15.6. The normalized spacial score (nSPS) is 19.5. The van der Waals surface area contributed by atoms with Crippen LogP contribution in [-0.2, 0) is 0 Å². The molecule has 2 aromatic heterocycles. The number of rotatable bonds is 5. The van der Waals surface area contributed by atoms with Crippen molar-refractivity contribution in [3.63, 3.8) is 0 Å². The van der Waals surface area contributed by atoms with Gasteiger partial charge in [0.25, 0.3) is 5.91 Å². The van der Waals surface area contributed by atoms with E-state index in [4.69, 9.17) is 4.52 Å². The molecule has 9 nitrogen and oxygen atoms in total. The predicted octanol–water partition coefficient (Wildman–Crippen LogP) is 0.775. The number of aryl methyl sites for hydroxylation is 1. The SMILES string of the molecule is CC[C@@H](NC(=O)c1ncn([C@@H]2CCCNC2)n1)c1noc(C)n1. The predicted molar refractivity (Wildman–Crippen MR) is 80.7 cm³/mol. The van der Waals surface area contributed by atoms with Crippen LogP contribution in [-0.4, -0.2) is 43.9 Å². The van der Waals surface area contributed by atoms with E-state index in [-0.39, 0.29) is 23.8 Å². The van der Waals surface area contributed by atoms with E-state index in [1.165, 1.54) is 0 Å². The number of aromatic nitrogens is 5. The van der Waals surface area contributed by atoms with Gasteiger partial charge in [-0.1, -0.05) is 12.1 Å². The summed E-state index contributed by atoms with van der Waals surface area (Å²) in [5, 5.41) is 14.3. The smallest absolute Gasteiger partial charge is 0.291 e. The molecule has 0 bridgehead atoms. The molecule has 0 aromatic carbocycles. The summed E-state index contributed by atoms with van der Waals surface area (Å²) in [7, 11) is 0. The minimum atomic E-state index is -0.332. The number of carbonyl (C=O) groups is 1. The zero-order chi connectivity index (χ0) is 16.2. The van der Waals surface area contributed by atoms with Gasteiger partial charge in [0.05, 0.1) is 12.1 Å². The quantitative estimate of drug-likeness (QED) is 0.837. The molecule has 3 heterocycles. The van der Waals surface area contributed by atoms with Gasteiger partial charge >= 0.3 is 0 Å². The highest BCUT2D eigenvalue weighted by molar-refractivity contribution is 5.90. The summed E-state index contributed by atoms with van der Waals surface area (Å²) in [5.41, 5.74) is 0. The molecule has 2 N–H and O–H groups in total. The standard InChI is InChI=1S/C14H21N7O2/c1-3-11(12-17-9(2)23-20-12)18-14(22)13-16-8-21(19-13)10-5-4-6-15-7-10/h8,10-11,15H,3-7H2,1-2H3,(H,18,22)/t10-,11-/m1/s1. The third-order valence-electron chi connectivity index (χ3n) is 3.93. The molecule has 1 fully saturated rings. The minimum Gasteiger partial charge on any atom is -0.340 e. The first-order valence-electron chi connectivity index (χ1n) is 7.90. The van der Waals surface area contributed by atoms with E-state index in [1.54, 1.807) is 17.9 Å². The monoisotopic (exact) mass is 319 g/mol. The molecule has 124 valence electrons. The van der Waals surface area contributed by atoms with Gasteiger partial charge in [-0.25, -0.2) is 9.67 Å². The Hall–Kier alpha value is -2.29. The Morgan fingerprint density at radius 3 is 3.13 bits per heavy atom. The highest BCUT2D eigenvalue weighted by atomic mass is 16.5. The lowest BCUT2D eigenvalue weighted by Gasteiger charge is -2.22. The second kappa shape index (κ2) is 6.86. The minimum absolute atomic E-state index is 0.161. The maximum Gasteiger partial charge on any atom is 0.291 e. The van der Waals surface area contributed by atoms with E-state index >= 15 is 0 Å². The molecule has 23 heavy (non-hydrogen) atoms. The molecule has 1 amide bonds. The maximum absolute atomic E-state index is 12.3. The summed E-state index contributed by atoms with van der Waals surface area (Å²) in [4.78, 5) is 20.6. The van der Waals surface area contributed by atoms with Gasteiger partial charge in [0, 0.05) is 13.5 Å². The Balaban J connectivity index is 1.66. The van der Waals surface area contributed by atoms with Crippen molar-refractivity contribution in [2.45, 2.75) is 45.2 Å². The van der Waals surface area contributed by atoms with Crippen molar-refractivity contribution in [2.24, 2.45) is 0 Å². The highest BCUT2D eigenvalue weighted by Gasteiger charge is 2.22. The lowest BCUT2D eigenvalue weighted by atomic mass is 10.1. The van der Waals surface area contributed by atoms with Gasteiger partial charge in [0.2, 0.25) is 11.7 Å². The fourth-order valence-electron chi connectivity index (χ4n) is 2.64. The van der Waals surface area contributed by atoms with Crippen LogP contribution in [0.2, 0.25) is 0 Å².